The lowest BCUT2D eigenvalue weighted by molar-refractivity contribution is 0.275. The first-order valence-corrected chi connectivity index (χ1v) is 6.07. The molecule has 0 amide bonds. The van der Waals surface area contributed by atoms with E-state index in [2.05, 4.69) is 0 Å². The minimum atomic E-state index is -0.621. The SMILES string of the molecule is COc1cccc(C(N)COc2cc(F)ccc2F)c1. The third kappa shape index (κ3) is 3.45. The first kappa shape index (κ1) is 14.3. The number of hydrogen-bond acceptors (Lipinski definition) is 3. The molecule has 0 aromatic heterocycles. The molecular weight excluding hydrogens is 264 g/mol. The van der Waals surface area contributed by atoms with Crippen LogP contribution in [-0.2, 0) is 0 Å². The summed E-state index contributed by atoms with van der Waals surface area (Å²) in [5.74, 6) is -0.654. The van der Waals surface area contributed by atoms with Gasteiger partial charge in [-0.3, -0.25) is 0 Å². The highest BCUT2D eigenvalue weighted by atomic mass is 19.1. The minimum absolute atomic E-state index is 0.0353. The van der Waals surface area contributed by atoms with Crippen molar-refractivity contribution in [1.82, 2.24) is 0 Å². The maximum atomic E-state index is 13.4. The normalized spacial score (nSPS) is 12.0. The van der Waals surface area contributed by atoms with E-state index < -0.39 is 17.7 Å². The van der Waals surface area contributed by atoms with E-state index in [9.17, 15) is 8.78 Å². The molecule has 0 saturated heterocycles. The highest BCUT2D eigenvalue weighted by Gasteiger charge is 2.10. The molecule has 1 unspecified atom stereocenters. The van der Waals surface area contributed by atoms with Gasteiger partial charge in [0.1, 0.15) is 18.2 Å². The molecule has 3 nitrogen and oxygen atoms in total. The molecule has 0 bridgehead atoms. The van der Waals surface area contributed by atoms with Gasteiger partial charge in [0.25, 0.3) is 0 Å². The molecule has 0 fully saturated rings. The standard InChI is InChI=1S/C15H15F2NO2/c1-19-12-4-2-3-10(7-12)14(18)9-20-15-8-11(16)5-6-13(15)17/h2-8,14H,9,18H2,1H3. The molecule has 0 aliphatic rings. The molecule has 0 aliphatic carbocycles. The zero-order chi connectivity index (χ0) is 14.5. The zero-order valence-corrected chi connectivity index (χ0v) is 11.0. The average molecular weight is 279 g/mol. The lowest BCUT2D eigenvalue weighted by atomic mass is 10.1. The Labute approximate surface area is 115 Å². The molecule has 0 heterocycles. The molecular formula is C15H15F2NO2. The van der Waals surface area contributed by atoms with Gasteiger partial charge in [-0.25, -0.2) is 8.78 Å². The van der Waals surface area contributed by atoms with Gasteiger partial charge in [-0.15, -0.1) is 0 Å². The largest absolute Gasteiger partial charge is 0.497 e. The topological polar surface area (TPSA) is 44.5 Å². The second-order valence-electron chi connectivity index (χ2n) is 4.27. The second kappa shape index (κ2) is 6.34. The predicted molar refractivity (Wildman–Crippen MR) is 71.8 cm³/mol. The van der Waals surface area contributed by atoms with Gasteiger partial charge in [-0.1, -0.05) is 12.1 Å². The van der Waals surface area contributed by atoms with Crippen LogP contribution in [0.3, 0.4) is 0 Å². The summed E-state index contributed by atoms with van der Waals surface area (Å²) in [6, 6.07) is 9.77. The number of hydrogen-bond donors (Lipinski definition) is 1. The molecule has 0 radical (unpaired) electrons. The van der Waals surface area contributed by atoms with Crippen LogP contribution >= 0.6 is 0 Å². The molecule has 2 aromatic rings. The molecule has 2 N–H and O–H groups in total. The van der Waals surface area contributed by atoms with Gasteiger partial charge < -0.3 is 15.2 Å². The van der Waals surface area contributed by atoms with Crippen LogP contribution in [0.1, 0.15) is 11.6 Å². The Balaban J connectivity index is 2.04. The summed E-state index contributed by atoms with van der Waals surface area (Å²) in [4.78, 5) is 0. The molecule has 0 spiro atoms. The third-order valence-electron chi connectivity index (χ3n) is 2.83. The van der Waals surface area contributed by atoms with Crippen LogP contribution in [0.2, 0.25) is 0 Å². The highest BCUT2D eigenvalue weighted by Crippen LogP contribution is 2.21. The number of benzene rings is 2. The number of methoxy groups -OCH3 is 1. The van der Waals surface area contributed by atoms with Gasteiger partial charge in [0.15, 0.2) is 11.6 Å². The van der Waals surface area contributed by atoms with Crippen molar-refractivity contribution in [1.29, 1.82) is 0 Å². The third-order valence-corrected chi connectivity index (χ3v) is 2.83. The Kier molecular flexibility index (Phi) is 4.53. The van der Waals surface area contributed by atoms with E-state index in [1.807, 2.05) is 6.07 Å². The molecule has 0 saturated carbocycles. The van der Waals surface area contributed by atoms with Crippen LogP contribution in [0.15, 0.2) is 42.5 Å². The second-order valence-corrected chi connectivity index (χ2v) is 4.27. The van der Waals surface area contributed by atoms with Crippen molar-refractivity contribution >= 4 is 0 Å². The summed E-state index contributed by atoms with van der Waals surface area (Å²) in [6.07, 6.45) is 0. The lowest BCUT2D eigenvalue weighted by Gasteiger charge is -2.14. The molecule has 2 rings (SSSR count). The summed E-state index contributed by atoms with van der Waals surface area (Å²) < 4.78 is 36.7. The molecule has 2 aromatic carbocycles. The molecule has 106 valence electrons. The van der Waals surface area contributed by atoms with Gasteiger partial charge in [-0.2, -0.15) is 0 Å². The van der Waals surface area contributed by atoms with Crippen LogP contribution in [0, 0.1) is 11.6 Å². The van der Waals surface area contributed by atoms with Gasteiger partial charge in [0.05, 0.1) is 13.2 Å². The van der Waals surface area contributed by atoms with Crippen molar-refractivity contribution in [3.63, 3.8) is 0 Å². The Morgan fingerprint density at radius 2 is 1.95 bits per heavy atom. The average Bonchev–Trinajstić information content (AvgIpc) is 2.48. The van der Waals surface area contributed by atoms with Crippen molar-refractivity contribution in [2.24, 2.45) is 5.73 Å². The van der Waals surface area contributed by atoms with Crippen molar-refractivity contribution in [2.45, 2.75) is 6.04 Å². The van der Waals surface area contributed by atoms with Crippen molar-refractivity contribution in [2.75, 3.05) is 13.7 Å². The first-order chi connectivity index (χ1) is 9.60. The van der Waals surface area contributed by atoms with Crippen molar-refractivity contribution < 1.29 is 18.3 Å². The van der Waals surface area contributed by atoms with Crippen LogP contribution in [0.25, 0.3) is 0 Å². The van der Waals surface area contributed by atoms with Crippen LogP contribution in [0.5, 0.6) is 11.5 Å². The van der Waals surface area contributed by atoms with Crippen molar-refractivity contribution in [3.05, 3.63) is 59.7 Å². The summed E-state index contributed by atoms with van der Waals surface area (Å²) in [7, 11) is 1.56. The van der Waals surface area contributed by atoms with Gasteiger partial charge in [0, 0.05) is 6.07 Å². The van der Waals surface area contributed by atoms with E-state index in [1.165, 1.54) is 0 Å². The fourth-order valence-electron chi connectivity index (χ4n) is 1.74. The summed E-state index contributed by atoms with van der Waals surface area (Å²) in [5, 5.41) is 0. The summed E-state index contributed by atoms with van der Waals surface area (Å²) >= 11 is 0. The summed E-state index contributed by atoms with van der Waals surface area (Å²) in [5.41, 5.74) is 6.75. The van der Waals surface area contributed by atoms with E-state index in [0.717, 1.165) is 23.8 Å². The van der Waals surface area contributed by atoms with Crippen LogP contribution < -0.4 is 15.2 Å². The Morgan fingerprint density at radius 3 is 2.70 bits per heavy atom. The Morgan fingerprint density at radius 1 is 1.15 bits per heavy atom. The monoisotopic (exact) mass is 279 g/mol. The Bertz CT molecular complexity index is 590. The van der Waals surface area contributed by atoms with E-state index in [0.29, 0.717) is 5.75 Å². The fraction of sp³-hybridized carbons (Fsp3) is 0.200. The number of ether oxygens (including phenoxy) is 2. The molecule has 5 heteroatoms. The van der Waals surface area contributed by atoms with Crippen LogP contribution in [0.4, 0.5) is 8.78 Å². The molecule has 1 atom stereocenters. The number of halogens is 2. The molecule has 0 aliphatic heterocycles. The minimum Gasteiger partial charge on any atom is -0.497 e. The Hall–Kier alpha value is -2.14. The van der Waals surface area contributed by atoms with E-state index in [1.54, 1.807) is 25.3 Å². The first-order valence-electron chi connectivity index (χ1n) is 6.07. The van der Waals surface area contributed by atoms with E-state index >= 15 is 0 Å². The van der Waals surface area contributed by atoms with Gasteiger partial charge in [0.2, 0.25) is 0 Å². The van der Waals surface area contributed by atoms with Gasteiger partial charge in [-0.05, 0) is 29.8 Å². The van der Waals surface area contributed by atoms with E-state index in [-0.39, 0.29) is 12.4 Å². The number of nitrogens with two attached hydrogens (primary N) is 1. The summed E-state index contributed by atoms with van der Waals surface area (Å²) in [6.45, 7) is 0.0353. The predicted octanol–water partition coefficient (Wildman–Crippen LogP) is 3.05. The lowest BCUT2D eigenvalue weighted by Crippen LogP contribution is -2.19. The molecule has 20 heavy (non-hydrogen) atoms. The number of rotatable bonds is 5. The van der Waals surface area contributed by atoms with Gasteiger partial charge >= 0.3 is 0 Å². The maximum Gasteiger partial charge on any atom is 0.165 e. The fourth-order valence-corrected chi connectivity index (χ4v) is 1.74. The van der Waals surface area contributed by atoms with E-state index in [4.69, 9.17) is 15.2 Å². The smallest absolute Gasteiger partial charge is 0.165 e. The quantitative estimate of drug-likeness (QED) is 0.915. The maximum absolute atomic E-state index is 13.4. The van der Waals surface area contributed by atoms with Crippen LogP contribution in [-0.4, -0.2) is 13.7 Å². The zero-order valence-electron chi connectivity index (χ0n) is 11.0. The van der Waals surface area contributed by atoms with Crippen molar-refractivity contribution in [3.8, 4) is 11.5 Å². The highest BCUT2D eigenvalue weighted by molar-refractivity contribution is 5.31.